The van der Waals surface area contributed by atoms with Crippen LogP contribution in [0.3, 0.4) is 0 Å². The fourth-order valence-corrected chi connectivity index (χ4v) is 4.08. The zero-order chi connectivity index (χ0) is 13.2. The highest BCUT2D eigenvalue weighted by Gasteiger charge is 2.30. The molecular formula is C15H17FN2S. The maximum atomic E-state index is 14.0. The van der Waals surface area contributed by atoms with E-state index in [2.05, 4.69) is 21.7 Å². The fraction of sp³-hybridized carbons (Fsp3) is 0.400. The minimum absolute atomic E-state index is 0.0247. The number of pyridine rings is 1. The summed E-state index contributed by atoms with van der Waals surface area (Å²) >= 11 is 1.82. The van der Waals surface area contributed by atoms with E-state index in [1.54, 1.807) is 12.3 Å². The highest BCUT2D eigenvalue weighted by molar-refractivity contribution is 7.10. The summed E-state index contributed by atoms with van der Waals surface area (Å²) in [5, 5.41) is 5.45. The summed E-state index contributed by atoms with van der Waals surface area (Å²) in [5.41, 5.74) is 2.12. The minimum Gasteiger partial charge on any atom is -0.312 e. The van der Waals surface area contributed by atoms with Crippen molar-refractivity contribution in [1.82, 2.24) is 10.3 Å². The Morgan fingerprint density at radius 1 is 1.47 bits per heavy atom. The molecule has 0 spiro atoms. The van der Waals surface area contributed by atoms with E-state index >= 15 is 0 Å². The van der Waals surface area contributed by atoms with Gasteiger partial charge in [-0.2, -0.15) is 0 Å². The average molecular weight is 276 g/mol. The van der Waals surface area contributed by atoms with E-state index < -0.39 is 0 Å². The number of hydrogen-bond acceptors (Lipinski definition) is 3. The summed E-state index contributed by atoms with van der Waals surface area (Å²) < 4.78 is 14.0. The minimum atomic E-state index is -0.218. The molecule has 0 bridgehead atoms. The van der Waals surface area contributed by atoms with Crippen LogP contribution in [0.2, 0.25) is 0 Å². The van der Waals surface area contributed by atoms with E-state index in [1.807, 2.05) is 18.4 Å². The number of nitrogens with zero attached hydrogens (tertiary/aromatic N) is 1. The van der Waals surface area contributed by atoms with Gasteiger partial charge >= 0.3 is 0 Å². The van der Waals surface area contributed by atoms with Crippen LogP contribution in [-0.4, -0.2) is 12.0 Å². The molecule has 19 heavy (non-hydrogen) atoms. The van der Waals surface area contributed by atoms with E-state index in [4.69, 9.17) is 0 Å². The Morgan fingerprint density at radius 2 is 2.37 bits per heavy atom. The number of halogens is 1. The molecule has 0 saturated heterocycles. The molecule has 2 aromatic rings. The summed E-state index contributed by atoms with van der Waals surface area (Å²) in [7, 11) is 1.91. The number of aromatic nitrogens is 1. The van der Waals surface area contributed by atoms with Crippen molar-refractivity contribution in [3.8, 4) is 0 Å². The number of hydrogen-bond donors (Lipinski definition) is 1. The van der Waals surface area contributed by atoms with E-state index in [0.717, 1.165) is 12.0 Å². The van der Waals surface area contributed by atoms with Crippen LogP contribution in [0.25, 0.3) is 0 Å². The van der Waals surface area contributed by atoms with Gasteiger partial charge < -0.3 is 5.32 Å². The molecule has 2 heterocycles. The number of likely N-dealkylation sites (N-methyl/N-ethyl adjacent to an activating group) is 1. The van der Waals surface area contributed by atoms with Crippen molar-refractivity contribution in [2.45, 2.75) is 31.2 Å². The molecule has 1 aliphatic rings. The molecule has 1 N–H and O–H groups in total. The largest absolute Gasteiger partial charge is 0.312 e. The van der Waals surface area contributed by atoms with Gasteiger partial charge in [0.2, 0.25) is 0 Å². The molecule has 0 fully saturated rings. The Balaban J connectivity index is 1.99. The molecule has 4 heteroatoms. The van der Waals surface area contributed by atoms with Crippen LogP contribution in [-0.2, 0) is 6.42 Å². The first-order valence-electron chi connectivity index (χ1n) is 6.64. The van der Waals surface area contributed by atoms with Gasteiger partial charge in [-0.3, -0.25) is 4.98 Å². The first-order chi connectivity index (χ1) is 9.31. The lowest BCUT2D eigenvalue weighted by Gasteiger charge is -2.31. The molecule has 0 amide bonds. The number of aryl methyl sites for hydroxylation is 1. The third-order valence-corrected chi connectivity index (χ3v) is 4.95. The fourth-order valence-electron chi connectivity index (χ4n) is 3.08. The van der Waals surface area contributed by atoms with Crippen LogP contribution in [0.5, 0.6) is 0 Å². The van der Waals surface area contributed by atoms with Crippen molar-refractivity contribution < 1.29 is 4.39 Å². The summed E-state index contributed by atoms with van der Waals surface area (Å²) in [6, 6.07) is 4.02. The second kappa shape index (κ2) is 5.39. The monoisotopic (exact) mass is 276 g/mol. The Morgan fingerprint density at radius 3 is 3.16 bits per heavy atom. The number of nitrogens with one attached hydrogen (secondary N) is 1. The standard InChI is InChI=1S/C15H17FN2S/c1-17-15(12-5-7-18-9-13(12)16)11-3-2-4-14-10(11)6-8-19-14/h5-9,11,15,17H,2-4H2,1H3. The lowest BCUT2D eigenvalue weighted by molar-refractivity contribution is 0.413. The molecular weight excluding hydrogens is 259 g/mol. The van der Waals surface area contributed by atoms with Gasteiger partial charge in [0.05, 0.1) is 6.20 Å². The van der Waals surface area contributed by atoms with Crippen LogP contribution in [0, 0.1) is 5.82 Å². The molecule has 3 rings (SSSR count). The van der Waals surface area contributed by atoms with E-state index in [0.29, 0.717) is 5.92 Å². The SMILES string of the molecule is CNC(c1ccncc1F)C1CCCc2sccc21. The Labute approximate surface area is 116 Å². The molecule has 0 aliphatic heterocycles. The lowest BCUT2D eigenvalue weighted by Crippen LogP contribution is -2.27. The van der Waals surface area contributed by atoms with Crippen molar-refractivity contribution >= 4 is 11.3 Å². The van der Waals surface area contributed by atoms with Gasteiger partial charge in [0.15, 0.2) is 0 Å². The highest BCUT2D eigenvalue weighted by Crippen LogP contribution is 2.42. The van der Waals surface area contributed by atoms with Crippen LogP contribution in [0.1, 0.15) is 40.8 Å². The summed E-state index contributed by atoms with van der Waals surface area (Å²) in [6.07, 6.45) is 6.43. The van der Waals surface area contributed by atoms with Gasteiger partial charge in [-0.15, -0.1) is 11.3 Å². The second-order valence-electron chi connectivity index (χ2n) is 4.96. The first kappa shape index (κ1) is 12.8. The van der Waals surface area contributed by atoms with E-state index in [1.165, 1.54) is 29.5 Å². The van der Waals surface area contributed by atoms with Gasteiger partial charge in [-0.25, -0.2) is 4.39 Å². The van der Waals surface area contributed by atoms with E-state index in [-0.39, 0.29) is 11.9 Å². The Bertz CT molecular complexity index is 567. The summed E-state index contributed by atoms with van der Waals surface area (Å²) in [4.78, 5) is 5.30. The van der Waals surface area contributed by atoms with Crippen LogP contribution < -0.4 is 5.32 Å². The van der Waals surface area contributed by atoms with Crippen LogP contribution in [0.4, 0.5) is 4.39 Å². The number of rotatable bonds is 3. The van der Waals surface area contributed by atoms with Crippen molar-refractivity contribution in [3.05, 3.63) is 51.7 Å². The van der Waals surface area contributed by atoms with Crippen LogP contribution in [0.15, 0.2) is 29.9 Å². The van der Waals surface area contributed by atoms with Crippen molar-refractivity contribution in [1.29, 1.82) is 0 Å². The molecule has 2 aromatic heterocycles. The molecule has 0 radical (unpaired) electrons. The highest BCUT2D eigenvalue weighted by atomic mass is 32.1. The molecule has 1 aliphatic carbocycles. The maximum absolute atomic E-state index is 14.0. The lowest BCUT2D eigenvalue weighted by atomic mass is 9.80. The quantitative estimate of drug-likeness (QED) is 0.925. The number of thiophene rings is 1. The summed E-state index contributed by atoms with van der Waals surface area (Å²) in [5.74, 6) is 0.140. The molecule has 2 atom stereocenters. The van der Waals surface area contributed by atoms with Gasteiger partial charge in [0.25, 0.3) is 0 Å². The van der Waals surface area contributed by atoms with Crippen molar-refractivity contribution in [2.75, 3.05) is 7.05 Å². The molecule has 0 aromatic carbocycles. The third kappa shape index (κ3) is 2.30. The predicted molar refractivity (Wildman–Crippen MR) is 76.0 cm³/mol. The molecule has 2 nitrogen and oxygen atoms in total. The maximum Gasteiger partial charge on any atom is 0.146 e. The average Bonchev–Trinajstić information content (AvgIpc) is 2.91. The molecule has 100 valence electrons. The Hall–Kier alpha value is -1.26. The number of fused-ring (bicyclic) bond motifs is 1. The smallest absolute Gasteiger partial charge is 0.146 e. The zero-order valence-corrected chi connectivity index (χ0v) is 11.7. The third-order valence-electron chi connectivity index (χ3n) is 3.95. The van der Waals surface area contributed by atoms with Crippen LogP contribution >= 0.6 is 11.3 Å². The van der Waals surface area contributed by atoms with Gasteiger partial charge in [0, 0.05) is 28.6 Å². The van der Waals surface area contributed by atoms with Gasteiger partial charge in [-0.1, -0.05) is 0 Å². The first-order valence-corrected chi connectivity index (χ1v) is 7.52. The predicted octanol–water partition coefficient (Wildman–Crippen LogP) is 3.66. The topological polar surface area (TPSA) is 24.9 Å². The van der Waals surface area contributed by atoms with Crippen molar-refractivity contribution in [2.24, 2.45) is 0 Å². The normalized spacial score (nSPS) is 20.0. The summed E-state index contributed by atoms with van der Waals surface area (Å²) in [6.45, 7) is 0. The van der Waals surface area contributed by atoms with E-state index in [9.17, 15) is 4.39 Å². The van der Waals surface area contributed by atoms with Gasteiger partial charge in [0.1, 0.15) is 5.82 Å². The molecule has 2 unspecified atom stereocenters. The Kier molecular flexibility index (Phi) is 3.62. The zero-order valence-electron chi connectivity index (χ0n) is 10.9. The van der Waals surface area contributed by atoms with Gasteiger partial charge in [-0.05, 0) is 49.4 Å². The second-order valence-corrected chi connectivity index (χ2v) is 5.96. The van der Waals surface area contributed by atoms with Crippen molar-refractivity contribution in [3.63, 3.8) is 0 Å². The molecule has 0 saturated carbocycles.